The fraction of sp³-hybridized carbons (Fsp3) is 0.462. The van der Waals surface area contributed by atoms with Crippen LogP contribution in [0.2, 0.25) is 25.7 Å². The van der Waals surface area contributed by atoms with Crippen molar-refractivity contribution < 1.29 is 18.0 Å². The van der Waals surface area contributed by atoms with Gasteiger partial charge in [0.25, 0.3) is 0 Å². The lowest BCUT2D eigenvalue weighted by molar-refractivity contribution is -0.138. The van der Waals surface area contributed by atoms with Crippen molar-refractivity contribution >= 4 is 14.0 Å². The van der Waals surface area contributed by atoms with Gasteiger partial charge >= 0.3 is 6.18 Å². The lowest BCUT2D eigenvalue weighted by Crippen LogP contribution is -2.23. The van der Waals surface area contributed by atoms with Crippen LogP contribution in [0.15, 0.2) is 18.2 Å². The number of alkyl halides is 3. The number of aryl methyl sites for hydroxylation is 1. The average molecular weight is 289 g/mol. The molecule has 0 saturated heterocycles. The van der Waals surface area contributed by atoms with Crippen LogP contribution in [0.1, 0.15) is 21.5 Å². The summed E-state index contributed by atoms with van der Waals surface area (Å²) in [5, 5.41) is 0. The topological polar surface area (TPSA) is 43.1 Å². The summed E-state index contributed by atoms with van der Waals surface area (Å²) >= 11 is 0. The van der Waals surface area contributed by atoms with Gasteiger partial charge in [-0.15, -0.1) is 0 Å². The molecule has 1 rings (SSSR count). The summed E-state index contributed by atoms with van der Waals surface area (Å²) < 4.78 is 39.3. The summed E-state index contributed by atoms with van der Waals surface area (Å²) in [5.41, 5.74) is 3.87. The van der Waals surface area contributed by atoms with Crippen molar-refractivity contribution in [2.75, 3.05) is 0 Å². The van der Waals surface area contributed by atoms with Gasteiger partial charge in [0.1, 0.15) is 0 Å². The highest BCUT2D eigenvalue weighted by molar-refractivity contribution is 6.76. The third-order valence-corrected chi connectivity index (χ3v) is 4.59. The molecule has 6 heteroatoms. The van der Waals surface area contributed by atoms with E-state index in [1.807, 2.05) is 0 Å². The molecule has 0 radical (unpaired) electrons. The van der Waals surface area contributed by atoms with Crippen LogP contribution < -0.4 is 5.73 Å². The van der Waals surface area contributed by atoms with Crippen molar-refractivity contribution in [2.45, 2.75) is 38.3 Å². The number of carbonyl (C=O) groups excluding carboxylic acids is 1. The van der Waals surface area contributed by atoms with Crippen molar-refractivity contribution in [3.05, 3.63) is 34.9 Å². The van der Waals surface area contributed by atoms with Crippen LogP contribution in [-0.4, -0.2) is 14.0 Å². The standard InChI is InChI=1S/C13H18F3NOSi/c1-19(2,3)8-7-9-5-4-6-10(12(17)18)11(9)13(14,15)16/h4-6H,7-8H2,1-3H3,(H2,17,18). The summed E-state index contributed by atoms with van der Waals surface area (Å²) in [7, 11) is -1.45. The van der Waals surface area contributed by atoms with Gasteiger partial charge < -0.3 is 5.73 Å². The second-order valence-corrected chi connectivity index (χ2v) is 11.4. The van der Waals surface area contributed by atoms with Crippen LogP contribution in [0, 0.1) is 0 Å². The highest BCUT2D eigenvalue weighted by Gasteiger charge is 2.37. The van der Waals surface area contributed by atoms with Crippen molar-refractivity contribution in [1.82, 2.24) is 0 Å². The Kier molecular flexibility index (Phi) is 4.45. The molecule has 0 spiro atoms. The number of hydrogen-bond acceptors (Lipinski definition) is 1. The van der Waals surface area contributed by atoms with Gasteiger partial charge in [-0.1, -0.05) is 37.8 Å². The minimum absolute atomic E-state index is 0.159. The Labute approximate surface area is 111 Å². The second-order valence-electron chi connectivity index (χ2n) is 5.76. The van der Waals surface area contributed by atoms with Crippen LogP contribution in [0.3, 0.4) is 0 Å². The SMILES string of the molecule is C[Si](C)(C)CCc1cccc(C(N)=O)c1C(F)(F)F. The number of nitrogens with two attached hydrogens (primary N) is 1. The maximum Gasteiger partial charge on any atom is 0.417 e. The van der Waals surface area contributed by atoms with E-state index in [0.29, 0.717) is 6.42 Å². The molecule has 106 valence electrons. The first-order valence-electron chi connectivity index (χ1n) is 6.01. The van der Waals surface area contributed by atoms with Crippen molar-refractivity contribution in [1.29, 1.82) is 0 Å². The molecule has 0 saturated carbocycles. The minimum Gasteiger partial charge on any atom is -0.366 e. The van der Waals surface area contributed by atoms with E-state index < -0.39 is 31.3 Å². The Hall–Kier alpha value is -1.30. The maximum absolute atomic E-state index is 13.1. The number of rotatable bonds is 4. The first-order chi connectivity index (χ1) is 8.52. The summed E-state index contributed by atoms with van der Waals surface area (Å²) in [4.78, 5) is 11.2. The molecule has 19 heavy (non-hydrogen) atoms. The third-order valence-electron chi connectivity index (χ3n) is 2.84. The molecule has 1 amide bonds. The van der Waals surface area contributed by atoms with Gasteiger partial charge in [0.05, 0.1) is 11.1 Å². The smallest absolute Gasteiger partial charge is 0.366 e. The predicted octanol–water partition coefficient (Wildman–Crippen LogP) is 3.69. The molecule has 0 heterocycles. The van der Waals surface area contributed by atoms with E-state index in [1.54, 1.807) is 0 Å². The number of carbonyl (C=O) groups is 1. The Bertz CT molecular complexity index is 478. The van der Waals surface area contributed by atoms with Crippen LogP contribution in [0.25, 0.3) is 0 Å². The molecular weight excluding hydrogens is 271 g/mol. The second kappa shape index (κ2) is 5.36. The zero-order valence-corrected chi connectivity index (χ0v) is 12.3. The summed E-state index contributed by atoms with van der Waals surface area (Å²) in [6.45, 7) is 6.29. The molecule has 0 aliphatic heterocycles. The van der Waals surface area contributed by atoms with Gasteiger partial charge in [-0.2, -0.15) is 13.2 Å². The van der Waals surface area contributed by atoms with Crippen molar-refractivity contribution in [3.63, 3.8) is 0 Å². The highest BCUT2D eigenvalue weighted by atomic mass is 28.3. The molecule has 0 atom stereocenters. The Morgan fingerprint density at radius 1 is 1.26 bits per heavy atom. The summed E-state index contributed by atoms with van der Waals surface area (Å²) in [6, 6.07) is 4.74. The van der Waals surface area contributed by atoms with E-state index in [0.717, 1.165) is 12.1 Å². The Morgan fingerprint density at radius 3 is 2.26 bits per heavy atom. The van der Waals surface area contributed by atoms with E-state index in [1.165, 1.54) is 12.1 Å². The molecule has 0 aliphatic carbocycles. The van der Waals surface area contributed by atoms with E-state index in [9.17, 15) is 18.0 Å². The number of amides is 1. The van der Waals surface area contributed by atoms with Gasteiger partial charge in [-0.05, 0) is 18.1 Å². The number of benzene rings is 1. The van der Waals surface area contributed by atoms with Crippen LogP contribution >= 0.6 is 0 Å². The average Bonchev–Trinajstić information content (AvgIpc) is 2.23. The number of primary amides is 1. The zero-order valence-electron chi connectivity index (χ0n) is 11.3. The van der Waals surface area contributed by atoms with Gasteiger partial charge in [-0.3, -0.25) is 4.79 Å². The molecule has 2 N–H and O–H groups in total. The highest BCUT2D eigenvalue weighted by Crippen LogP contribution is 2.35. The molecule has 0 unspecified atom stereocenters. The molecular formula is C13H18F3NOSi. The molecule has 0 fully saturated rings. The predicted molar refractivity (Wildman–Crippen MR) is 71.8 cm³/mol. The lowest BCUT2D eigenvalue weighted by atomic mass is 9.98. The number of halogens is 3. The van der Waals surface area contributed by atoms with Gasteiger partial charge in [-0.25, -0.2) is 0 Å². The quantitative estimate of drug-likeness (QED) is 0.844. The molecule has 0 bridgehead atoms. The maximum atomic E-state index is 13.1. The monoisotopic (exact) mass is 289 g/mol. The van der Waals surface area contributed by atoms with E-state index in [2.05, 4.69) is 19.6 Å². The fourth-order valence-electron chi connectivity index (χ4n) is 1.86. The van der Waals surface area contributed by atoms with Gasteiger partial charge in [0.2, 0.25) is 5.91 Å². The molecule has 0 aromatic heterocycles. The largest absolute Gasteiger partial charge is 0.417 e. The number of hydrogen-bond donors (Lipinski definition) is 1. The van der Waals surface area contributed by atoms with Crippen LogP contribution in [-0.2, 0) is 12.6 Å². The first-order valence-corrected chi connectivity index (χ1v) is 9.72. The van der Waals surface area contributed by atoms with E-state index in [4.69, 9.17) is 5.73 Å². The molecule has 1 aromatic carbocycles. The summed E-state index contributed by atoms with van der Waals surface area (Å²) in [5.74, 6) is -1.04. The lowest BCUT2D eigenvalue weighted by Gasteiger charge is -2.19. The normalized spacial score (nSPS) is 12.5. The zero-order chi connectivity index (χ0) is 14.8. The third kappa shape index (κ3) is 4.38. The molecule has 2 nitrogen and oxygen atoms in total. The minimum atomic E-state index is -4.56. The van der Waals surface area contributed by atoms with Crippen molar-refractivity contribution in [3.8, 4) is 0 Å². The molecule has 0 aliphatic rings. The van der Waals surface area contributed by atoms with Gasteiger partial charge in [0, 0.05) is 8.07 Å². The van der Waals surface area contributed by atoms with Gasteiger partial charge in [0.15, 0.2) is 0 Å². The molecule has 1 aromatic rings. The Morgan fingerprint density at radius 2 is 1.84 bits per heavy atom. The van der Waals surface area contributed by atoms with E-state index in [-0.39, 0.29) is 5.56 Å². The summed E-state index contributed by atoms with van der Waals surface area (Å²) in [6.07, 6.45) is -4.23. The first kappa shape index (κ1) is 15.8. The van der Waals surface area contributed by atoms with Crippen molar-refractivity contribution in [2.24, 2.45) is 5.73 Å². The van der Waals surface area contributed by atoms with Crippen LogP contribution in [0.5, 0.6) is 0 Å². The van der Waals surface area contributed by atoms with E-state index >= 15 is 0 Å². The van der Waals surface area contributed by atoms with Crippen LogP contribution in [0.4, 0.5) is 13.2 Å². The Balaban J connectivity index is 3.24. The fourth-order valence-corrected chi connectivity index (χ4v) is 2.88.